The summed E-state index contributed by atoms with van der Waals surface area (Å²) in [6, 6.07) is 5.02. The Morgan fingerprint density at radius 3 is 2.75 bits per heavy atom. The highest BCUT2D eigenvalue weighted by molar-refractivity contribution is 5.34. The van der Waals surface area contributed by atoms with Gasteiger partial charge in [-0.3, -0.25) is 0 Å². The van der Waals surface area contributed by atoms with Crippen LogP contribution in [0.25, 0.3) is 0 Å². The molecule has 4 heteroatoms. The summed E-state index contributed by atoms with van der Waals surface area (Å²) >= 11 is 0. The average molecular weight is 283 g/mol. The van der Waals surface area contributed by atoms with Crippen molar-refractivity contribution in [3.05, 3.63) is 29.6 Å². The SMILES string of the molecule is CCCNCc1cccc(F)c1OCCOCC(C)C. The van der Waals surface area contributed by atoms with Crippen LogP contribution in [0.1, 0.15) is 32.8 Å². The van der Waals surface area contributed by atoms with Gasteiger partial charge >= 0.3 is 0 Å². The first-order chi connectivity index (χ1) is 9.65. The molecule has 0 amide bonds. The van der Waals surface area contributed by atoms with Crippen molar-refractivity contribution in [3.63, 3.8) is 0 Å². The van der Waals surface area contributed by atoms with Crippen molar-refractivity contribution in [3.8, 4) is 5.75 Å². The van der Waals surface area contributed by atoms with E-state index in [1.165, 1.54) is 6.07 Å². The minimum Gasteiger partial charge on any atom is -0.488 e. The monoisotopic (exact) mass is 283 g/mol. The third-order valence-corrected chi connectivity index (χ3v) is 2.72. The van der Waals surface area contributed by atoms with Gasteiger partial charge in [0.2, 0.25) is 0 Å². The molecular formula is C16H26FNO2. The number of para-hydroxylation sites is 1. The maximum absolute atomic E-state index is 13.8. The highest BCUT2D eigenvalue weighted by Gasteiger charge is 2.09. The van der Waals surface area contributed by atoms with Gasteiger partial charge in [0, 0.05) is 18.7 Å². The Balaban J connectivity index is 2.45. The Bertz CT molecular complexity index is 383. The maximum Gasteiger partial charge on any atom is 0.165 e. The first-order valence-corrected chi connectivity index (χ1v) is 7.33. The molecule has 0 aliphatic heterocycles. The molecule has 0 atom stereocenters. The first-order valence-electron chi connectivity index (χ1n) is 7.33. The Hall–Kier alpha value is -1.13. The van der Waals surface area contributed by atoms with Gasteiger partial charge in [-0.1, -0.05) is 32.9 Å². The van der Waals surface area contributed by atoms with Crippen molar-refractivity contribution in [2.45, 2.75) is 33.7 Å². The van der Waals surface area contributed by atoms with Crippen molar-refractivity contribution in [1.29, 1.82) is 0 Å². The van der Waals surface area contributed by atoms with E-state index < -0.39 is 0 Å². The lowest BCUT2D eigenvalue weighted by atomic mass is 10.2. The lowest BCUT2D eigenvalue weighted by molar-refractivity contribution is 0.0804. The fourth-order valence-electron chi connectivity index (χ4n) is 1.78. The van der Waals surface area contributed by atoms with E-state index in [1.807, 2.05) is 6.07 Å². The molecule has 0 aliphatic rings. The Kier molecular flexibility index (Phi) is 8.23. The third-order valence-electron chi connectivity index (χ3n) is 2.72. The maximum atomic E-state index is 13.8. The van der Waals surface area contributed by atoms with E-state index in [1.54, 1.807) is 6.07 Å². The van der Waals surface area contributed by atoms with Crippen LogP contribution in [0.4, 0.5) is 4.39 Å². The van der Waals surface area contributed by atoms with Gasteiger partial charge in [-0.25, -0.2) is 4.39 Å². The van der Waals surface area contributed by atoms with Crippen LogP contribution < -0.4 is 10.1 Å². The van der Waals surface area contributed by atoms with Crippen LogP contribution in [0.3, 0.4) is 0 Å². The number of halogens is 1. The predicted molar refractivity (Wildman–Crippen MR) is 79.5 cm³/mol. The fraction of sp³-hybridized carbons (Fsp3) is 0.625. The molecule has 3 nitrogen and oxygen atoms in total. The van der Waals surface area contributed by atoms with Crippen LogP contribution in [-0.2, 0) is 11.3 Å². The van der Waals surface area contributed by atoms with Crippen molar-refractivity contribution < 1.29 is 13.9 Å². The summed E-state index contributed by atoms with van der Waals surface area (Å²) in [5.41, 5.74) is 0.849. The normalized spacial score (nSPS) is 11.1. The zero-order chi connectivity index (χ0) is 14.8. The second-order valence-corrected chi connectivity index (χ2v) is 5.22. The number of nitrogens with one attached hydrogen (secondary N) is 1. The molecule has 1 aromatic rings. The van der Waals surface area contributed by atoms with Crippen LogP contribution in [0.15, 0.2) is 18.2 Å². The van der Waals surface area contributed by atoms with Gasteiger partial charge in [0.15, 0.2) is 11.6 Å². The quantitative estimate of drug-likeness (QED) is 0.668. The summed E-state index contributed by atoms with van der Waals surface area (Å²) in [6.07, 6.45) is 1.05. The van der Waals surface area contributed by atoms with E-state index in [-0.39, 0.29) is 5.82 Å². The summed E-state index contributed by atoms with van der Waals surface area (Å²) in [5.74, 6) is 0.520. The topological polar surface area (TPSA) is 30.5 Å². The number of hydrogen-bond acceptors (Lipinski definition) is 3. The molecule has 0 unspecified atom stereocenters. The standard InChI is InChI=1S/C16H26FNO2/c1-4-8-18-11-14-6-5-7-15(17)16(14)20-10-9-19-12-13(2)3/h5-7,13,18H,4,8-12H2,1-3H3. The van der Waals surface area contributed by atoms with Crippen LogP contribution in [-0.4, -0.2) is 26.4 Å². The van der Waals surface area contributed by atoms with Crippen molar-refractivity contribution in [2.75, 3.05) is 26.4 Å². The van der Waals surface area contributed by atoms with E-state index in [4.69, 9.17) is 9.47 Å². The summed E-state index contributed by atoms with van der Waals surface area (Å²) in [6.45, 7) is 9.36. The lowest BCUT2D eigenvalue weighted by Crippen LogP contribution is -2.16. The summed E-state index contributed by atoms with van der Waals surface area (Å²) < 4.78 is 24.8. The molecule has 114 valence electrons. The van der Waals surface area contributed by atoms with E-state index in [2.05, 4.69) is 26.1 Å². The van der Waals surface area contributed by atoms with E-state index in [0.29, 0.717) is 38.0 Å². The Morgan fingerprint density at radius 2 is 2.05 bits per heavy atom. The molecule has 0 saturated carbocycles. The van der Waals surface area contributed by atoms with Crippen LogP contribution >= 0.6 is 0 Å². The molecule has 0 radical (unpaired) electrons. The molecule has 0 saturated heterocycles. The van der Waals surface area contributed by atoms with Crippen LogP contribution in [0.5, 0.6) is 5.75 Å². The van der Waals surface area contributed by atoms with Crippen molar-refractivity contribution in [1.82, 2.24) is 5.32 Å². The summed E-state index contributed by atoms with van der Waals surface area (Å²) in [7, 11) is 0. The molecule has 1 N–H and O–H groups in total. The van der Waals surface area contributed by atoms with E-state index >= 15 is 0 Å². The fourth-order valence-corrected chi connectivity index (χ4v) is 1.78. The first kappa shape index (κ1) is 16.9. The van der Waals surface area contributed by atoms with E-state index in [9.17, 15) is 4.39 Å². The Morgan fingerprint density at radius 1 is 1.25 bits per heavy atom. The van der Waals surface area contributed by atoms with Gasteiger partial charge in [-0.2, -0.15) is 0 Å². The molecule has 0 aliphatic carbocycles. The predicted octanol–water partition coefficient (Wildman–Crippen LogP) is 3.38. The molecule has 0 heterocycles. The van der Waals surface area contributed by atoms with Crippen LogP contribution in [0.2, 0.25) is 0 Å². The van der Waals surface area contributed by atoms with Crippen LogP contribution in [0, 0.1) is 11.7 Å². The number of benzene rings is 1. The smallest absolute Gasteiger partial charge is 0.165 e. The third kappa shape index (κ3) is 6.35. The Labute approximate surface area is 121 Å². The van der Waals surface area contributed by atoms with Gasteiger partial charge in [-0.15, -0.1) is 0 Å². The molecule has 0 bridgehead atoms. The van der Waals surface area contributed by atoms with Gasteiger partial charge < -0.3 is 14.8 Å². The number of rotatable bonds is 10. The summed E-state index contributed by atoms with van der Waals surface area (Å²) in [4.78, 5) is 0. The van der Waals surface area contributed by atoms with E-state index in [0.717, 1.165) is 18.5 Å². The average Bonchev–Trinajstić information content (AvgIpc) is 2.41. The zero-order valence-electron chi connectivity index (χ0n) is 12.7. The van der Waals surface area contributed by atoms with Gasteiger partial charge in [0.25, 0.3) is 0 Å². The van der Waals surface area contributed by atoms with Crippen molar-refractivity contribution in [2.24, 2.45) is 5.92 Å². The minimum absolute atomic E-state index is 0.315. The minimum atomic E-state index is -0.315. The van der Waals surface area contributed by atoms with Gasteiger partial charge in [0.1, 0.15) is 6.61 Å². The highest BCUT2D eigenvalue weighted by atomic mass is 19.1. The molecule has 0 spiro atoms. The second kappa shape index (κ2) is 9.72. The van der Waals surface area contributed by atoms with Gasteiger partial charge in [-0.05, 0) is 24.9 Å². The second-order valence-electron chi connectivity index (χ2n) is 5.22. The lowest BCUT2D eigenvalue weighted by Gasteiger charge is -2.13. The molecule has 0 aromatic heterocycles. The number of ether oxygens (including phenoxy) is 2. The highest BCUT2D eigenvalue weighted by Crippen LogP contribution is 2.22. The molecular weight excluding hydrogens is 257 g/mol. The zero-order valence-corrected chi connectivity index (χ0v) is 12.7. The number of hydrogen-bond donors (Lipinski definition) is 1. The molecule has 0 fully saturated rings. The van der Waals surface area contributed by atoms with Crippen molar-refractivity contribution >= 4 is 0 Å². The molecule has 1 rings (SSSR count). The largest absolute Gasteiger partial charge is 0.488 e. The molecule has 20 heavy (non-hydrogen) atoms. The molecule has 1 aromatic carbocycles. The van der Waals surface area contributed by atoms with Gasteiger partial charge in [0.05, 0.1) is 6.61 Å². The summed E-state index contributed by atoms with van der Waals surface area (Å²) in [5, 5.41) is 3.26.